The maximum atomic E-state index is 13.5. The molecule has 1 unspecified atom stereocenters. The summed E-state index contributed by atoms with van der Waals surface area (Å²) in [6.07, 6.45) is 1.98. The maximum Gasteiger partial charge on any atom is 0.325 e. The molecule has 0 saturated carbocycles. The SMILES string of the molecule is CC1(C)CC2(NC(=O)N(CCCNCCc3ccccc3)C2=O)c2cc(Cl)ccc2O1. The van der Waals surface area contributed by atoms with Gasteiger partial charge in [-0.3, -0.25) is 9.69 Å². The van der Waals surface area contributed by atoms with E-state index in [1.165, 1.54) is 10.5 Å². The lowest BCUT2D eigenvalue weighted by molar-refractivity contribution is -0.134. The molecule has 0 bridgehead atoms. The number of halogens is 1. The van der Waals surface area contributed by atoms with Crippen molar-refractivity contribution in [3.05, 3.63) is 64.7 Å². The van der Waals surface area contributed by atoms with Crippen molar-refractivity contribution in [3.63, 3.8) is 0 Å². The molecule has 2 aliphatic heterocycles. The zero-order valence-electron chi connectivity index (χ0n) is 17.9. The van der Waals surface area contributed by atoms with Crippen LogP contribution in [0.5, 0.6) is 5.75 Å². The third-order valence-electron chi connectivity index (χ3n) is 5.82. The van der Waals surface area contributed by atoms with Crippen LogP contribution in [-0.2, 0) is 16.8 Å². The number of carbonyl (C=O) groups excluding carboxylic acids is 2. The summed E-state index contributed by atoms with van der Waals surface area (Å²) in [7, 11) is 0. The molecule has 0 aliphatic carbocycles. The van der Waals surface area contributed by atoms with Gasteiger partial charge in [0.25, 0.3) is 5.91 Å². The number of fused-ring (bicyclic) bond motifs is 2. The molecule has 2 aromatic rings. The van der Waals surface area contributed by atoms with Crippen molar-refractivity contribution in [1.29, 1.82) is 0 Å². The van der Waals surface area contributed by atoms with E-state index < -0.39 is 11.1 Å². The van der Waals surface area contributed by atoms with E-state index in [0.717, 1.165) is 19.5 Å². The highest BCUT2D eigenvalue weighted by atomic mass is 35.5. The molecule has 2 aromatic carbocycles. The fourth-order valence-electron chi connectivity index (χ4n) is 4.49. The molecule has 4 rings (SSSR count). The highest BCUT2D eigenvalue weighted by Crippen LogP contribution is 2.47. The number of benzene rings is 2. The van der Waals surface area contributed by atoms with Gasteiger partial charge < -0.3 is 15.4 Å². The van der Waals surface area contributed by atoms with Gasteiger partial charge in [-0.25, -0.2) is 4.79 Å². The monoisotopic (exact) mass is 441 g/mol. The number of hydrogen-bond donors (Lipinski definition) is 2. The van der Waals surface area contributed by atoms with E-state index in [0.29, 0.717) is 35.7 Å². The zero-order chi connectivity index (χ0) is 22.1. The molecule has 3 amide bonds. The quantitative estimate of drug-likeness (QED) is 0.505. The molecule has 2 heterocycles. The molecule has 31 heavy (non-hydrogen) atoms. The molecule has 0 radical (unpaired) electrons. The van der Waals surface area contributed by atoms with E-state index >= 15 is 0 Å². The Labute approximate surface area is 187 Å². The van der Waals surface area contributed by atoms with Crippen LogP contribution in [0.4, 0.5) is 4.79 Å². The molecule has 0 aromatic heterocycles. The average molecular weight is 442 g/mol. The Hall–Kier alpha value is -2.57. The molecule has 164 valence electrons. The van der Waals surface area contributed by atoms with Crippen molar-refractivity contribution >= 4 is 23.5 Å². The number of nitrogens with one attached hydrogen (secondary N) is 2. The first-order valence-electron chi connectivity index (χ1n) is 10.7. The number of carbonyl (C=O) groups is 2. The Bertz CT molecular complexity index is 979. The zero-order valence-corrected chi connectivity index (χ0v) is 18.7. The fraction of sp³-hybridized carbons (Fsp3) is 0.417. The topological polar surface area (TPSA) is 70.7 Å². The van der Waals surface area contributed by atoms with E-state index in [2.05, 4.69) is 22.8 Å². The molecule has 1 saturated heterocycles. The van der Waals surface area contributed by atoms with Gasteiger partial charge in [0.2, 0.25) is 0 Å². The summed E-state index contributed by atoms with van der Waals surface area (Å²) in [5, 5.41) is 6.85. The second-order valence-electron chi connectivity index (χ2n) is 8.81. The Morgan fingerprint density at radius 1 is 1.13 bits per heavy atom. The summed E-state index contributed by atoms with van der Waals surface area (Å²) < 4.78 is 6.05. The van der Waals surface area contributed by atoms with Crippen molar-refractivity contribution in [2.75, 3.05) is 19.6 Å². The Kier molecular flexibility index (Phi) is 5.95. The predicted octanol–water partition coefficient (Wildman–Crippen LogP) is 3.87. The van der Waals surface area contributed by atoms with Crippen LogP contribution < -0.4 is 15.4 Å². The molecule has 1 spiro atoms. The number of ether oxygens (including phenoxy) is 1. The van der Waals surface area contributed by atoms with Gasteiger partial charge >= 0.3 is 6.03 Å². The van der Waals surface area contributed by atoms with Crippen LogP contribution in [-0.4, -0.2) is 42.1 Å². The first kappa shape index (κ1) is 21.7. The van der Waals surface area contributed by atoms with Gasteiger partial charge in [0.15, 0.2) is 5.54 Å². The molecule has 1 atom stereocenters. The fourth-order valence-corrected chi connectivity index (χ4v) is 4.66. The van der Waals surface area contributed by atoms with Crippen molar-refractivity contribution in [2.24, 2.45) is 0 Å². The van der Waals surface area contributed by atoms with Crippen molar-refractivity contribution in [1.82, 2.24) is 15.5 Å². The van der Waals surface area contributed by atoms with Gasteiger partial charge in [-0.1, -0.05) is 41.9 Å². The molecular formula is C24H28ClN3O3. The molecular weight excluding hydrogens is 414 g/mol. The Morgan fingerprint density at radius 2 is 1.90 bits per heavy atom. The van der Waals surface area contributed by atoms with Crippen LogP contribution in [0.15, 0.2) is 48.5 Å². The number of urea groups is 1. The van der Waals surface area contributed by atoms with E-state index in [1.807, 2.05) is 32.0 Å². The second-order valence-corrected chi connectivity index (χ2v) is 9.25. The van der Waals surface area contributed by atoms with Gasteiger partial charge in [-0.05, 0) is 63.5 Å². The Morgan fingerprint density at radius 3 is 2.68 bits per heavy atom. The Balaban J connectivity index is 1.39. The summed E-state index contributed by atoms with van der Waals surface area (Å²) >= 11 is 6.20. The number of hydrogen-bond acceptors (Lipinski definition) is 4. The number of amides is 3. The molecule has 2 aliphatic rings. The predicted molar refractivity (Wildman–Crippen MR) is 120 cm³/mol. The van der Waals surface area contributed by atoms with Gasteiger partial charge in [0, 0.05) is 23.6 Å². The van der Waals surface area contributed by atoms with Crippen LogP contribution in [0.25, 0.3) is 0 Å². The average Bonchev–Trinajstić information content (AvgIpc) is 2.95. The summed E-state index contributed by atoms with van der Waals surface area (Å²) in [6, 6.07) is 15.1. The summed E-state index contributed by atoms with van der Waals surface area (Å²) in [5.74, 6) is 0.348. The van der Waals surface area contributed by atoms with Gasteiger partial charge in [-0.15, -0.1) is 0 Å². The maximum absolute atomic E-state index is 13.5. The minimum atomic E-state index is -1.14. The second kappa shape index (κ2) is 8.52. The summed E-state index contributed by atoms with van der Waals surface area (Å²) in [6.45, 7) is 5.79. The molecule has 1 fully saturated rings. The third-order valence-corrected chi connectivity index (χ3v) is 6.06. The smallest absolute Gasteiger partial charge is 0.325 e. The largest absolute Gasteiger partial charge is 0.487 e. The van der Waals surface area contributed by atoms with Crippen LogP contribution in [0.3, 0.4) is 0 Å². The first-order chi connectivity index (χ1) is 14.8. The van der Waals surface area contributed by atoms with Crippen LogP contribution >= 0.6 is 11.6 Å². The van der Waals surface area contributed by atoms with Gasteiger partial charge in [-0.2, -0.15) is 0 Å². The van der Waals surface area contributed by atoms with Crippen molar-refractivity contribution in [2.45, 2.75) is 44.2 Å². The van der Waals surface area contributed by atoms with Crippen LogP contribution in [0.2, 0.25) is 5.02 Å². The lowest BCUT2D eigenvalue weighted by Crippen LogP contribution is -2.53. The third kappa shape index (κ3) is 4.41. The van der Waals surface area contributed by atoms with E-state index in [9.17, 15) is 9.59 Å². The van der Waals surface area contributed by atoms with E-state index in [-0.39, 0.29) is 11.9 Å². The minimum absolute atomic E-state index is 0.235. The van der Waals surface area contributed by atoms with Gasteiger partial charge in [0.05, 0.1) is 0 Å². The normalized spacial score (nSPS) is 21.7. The van der Waals surface area contributed by atoms with Crippen LogP contribution in [0, 0.1) is 0 Å². The number of rotatable bonds is 7. The summed E-state index contributed by atoms with van der Waals surface area (Å²) in [4.78, 5) is 27.6. The lowest BCUT2D eigenvalue weighted by Gasteiger charge is -2.42. The lowest BCUT2D eigenvalue weighted by atomic mass is 9.77. The minimum Gasteiger partial charge on any atom is -0.487 e. The van der Waals surface area contributed by atoms with Gasteiger partial charge in [0.1, 0.15) is 11.4 Å². The molecule has 6 nitrogen and oxygen atoms in total. The highest BCUT2D eigenvalue weighted by molar-refractivity contribution is 6.30. The standard InChI is InChI=1S/C24H28ClN3O3/c1-23(2)16-24(19-15-18(25)9-10-20(19)31-23)21(29)28(22(30)27-24)14-6-12-26-13-11-17-7-4-3-5-8-17/h3-5,7-10,15,26H,6,11-14,16H2,1-2H3,(H,27,30). The van der Waals surface area contributed by atoms with Crippen LogP contribution in [0.1, 0.15) is 37.8 Å². The van der Waals surface area contributed by atoms with E-state index in [4.69, 9.17) is 16.3 Å². The van der Waals surface area contributed by atoms with E-state index in [1.54, 1.807) is 18.2 Å². The summed E-state index contributed by atoms with van der Waals surface area (Å²) in [5.41, 5.74) is 0.171. The molecule has 7 heteroatoms. The first-order valence-corrected chi connectivity index (χ1v) is 11.1. The number of nitrogens with zero attached hydrogens (tertiary/aromatic N) is 1. The van der Waals surface area contributed by atoms with Crippen molar-refractivity contribution < 1.29 is 14.3 Å². The van der Waals surface area contributed by atoms with Crippen molar-refractivity contribution in [3.8, 4) is 5.75 Å². The number of imide groups is 1. The highest BCUT2D eigenvalue weighted by Gasteiger charge is 2.58. The molecule has 2 N–H and O–H groups in total.